The predicted octanol–water partition coefficient (Wildman–Crippen LogP) is 5.35. The Morgan fingerprint density at radius 2 is 2.00 bits per heavy atom. The smallest absolute Gasteiger partial charge is 0.0934 e. The van der Waals surface area contributed by atoms with Gasteiger partial charge in [-0.1, -0.05) is 35.9 Å². The highest BCUT2D eigenvalue weighted by molar-refractivity contribution is 7.16. The lowest BCUT2D eigenvalue weighted by molar-refractivity contribution is 0.299. The molecule has 1 aromatic carbocycles. The summed E-state index contributed by atoms with van der Waals surface area (Å²) >= 11 is 8.03. The fourth-order valence-corrected chi connectivity index (χ4v) is 5.03. The van der Waals surface area contributed by atoms with Gasteiger partial charge in [-0.2, -0.15) is 0 Å². The van der Waals surface area contributed by atoms with Crippen LogP contribution in [-0.4, -0.2) is 23.5 Å². The number of halogens is 1. The molecule has 0 saturated heterocycles. The van der Waals surface area contributed by atoms with E-state index in [0.717, 1.165) is 17.4 Å². The second kappa shape index (κ2) is 6.32. The summed E-state index contributed by atoms with van der Waals surface area (Å²) in [6, 6.07) is 12.9. The molecular weight excluding hydrogens is 336 g/mol. The number of aromatic nitrogens is 1. The van der Waals surface area contributed by atoms with Crippen molar-refractivity contribution in [2.75, 3.05) is 13.6 Å². The second-order valence-electron chi connectivity index (χ2n) is 6.46. The quantitative estimate of drug-likeness (QED) is 0.616. The summed E-state index contributed by atoms with van der Waals surface area (Å²) in [5.41, 5.74) is 6.49. The summed E-state index contributed by atoms with van der Waals surface area (Å²) in [5, 5.41) is 0. The second-order valence-corrected chi connectivity index (χ2v) is 8.22. The third kappa shape index (κ3) is 2.77. The zero-order valence-corrected chi connectivity index (χ0v) is 15.4. The van der Waals surface area contributed by atoms with Crippen molar-refractivity contribution in [3.8, 4) is 11.1 Å². The van der Waals surface area contributed by atoms with Crippen LogP contribution in [0.4, 0.5) is 0 Å². The fraction of sp³-hybridized carbons (Fsp3) is 0.250. The van der Waals surface area contributed by atoms with E-state index >= 15 is 0 Å². The average molecular weight is 355 g/mol. The van der Waals surface area contributed by atoms with E-state index in [9.17, 15) is 0 Å². The third-order valence-corrected chi connectivity index (χ3v) is 6.02. The molecule has 1 aliphatic heterocycles. The SMILES string of the molecule is Cc1ccncc1-c1ccccc1C1CN(C)Cc2sc(Cl)cc21. The van der Waals surface area contributed by atoms with Crippen LogP contribution in [0, 0.1) is 6.92 Å². The van der Waals surface area contributed by atoms with Crippen molar-refractivity contribution in [1.82, 2.24) is 9.88 Å². The van der Waals surface area contributed by atoms with E-state index in [1.54, 1.807) is 11.3 Å². The minimum atomic E-state index is 0.346. The lowest BCUT2D eigenvalue weighted by Gasteiger charge is -2.31. The van der Waals surface area contributed by atoms with Gasteiger partial charge in [-0.05, 0) is 48.4 Å². The number of thiophene rings is 1. The van der Waals surface area contributed by atoms with Crippen LogP contribution in [0.2, 0.25) is 4.34 Å². The molecule has 0 saturated carbocycles. The van der Waals surface area contributed by atoms with Crippen LogP contribution in [0.5, 0.6) is 0 Å². The molecule has 3 aromatic rings. The van der Waals surface area contributed by atoms with Gasteiger partial charge in [0.1, 0.15) is 0 Å². The first kappa shape index (κ1) is 15.8. The highest BCUT2D eigenvalue weighted by atomic mass is 35.5. The van der Waals surface area contributed by atoms with Crippen LogP contribution < -0.4 is 0 Å². The molecule has 1 unspecified atom stereocenters. The van der Waals surface area contributed by atoms with Gasteiger partial charge in [0.25, 0.3) is 0 Å². The van der Waals surface area contributed by atoms with Crippen molar-refractivity contribution < 1.29 is 0 Å². The van der Waals surface area contributed by atoms with Gasteiger partial charge >= 0.3 is 0 Å². The van der Waals surface area contributed by atoms with Crippen LogP contribution in [-0.2, 0) is 6.54 Å². The monoisotopic (exact) mass is 354 g/mol. The van der Waals surface area contributed by atoms with Gasteiger partial charge in [-0.15, -0.1) is 11.3 Å². The summed E-state index contributed by atoms with van der Waals surface area (Å²) in [4.78, 5) is 8.11. The topological polar surface area (TPSA) is 16.1 Å². The molecule has 0 radical (unpaired) electrons. The van der Waals surface area contributed by atoms with Crippen molar-refractivity contribution >= 4 is 22.9 Å². The normalized spacial score (nSPS) is 17.7. The molecule has 24 heavy (non-hydrogen) atoms. The number of nitrogens with zero attached hydrogens (tertiary/aromatic N) is 2. The Labute approximate surface area is 151 Å². The van der Waals surface area contributed by atoms with Gasteiger partial charge in [0.15, 0.2) is 0 Å². The number of hydrogen-bond acceptors (Lipinski definition) is 3. The summed E-state index contributed by atoms with van der Waals surface area (Å²) in [6.07, 6.45) is 3.83. The Morgan fingerprint density at radius 1 is 1.17 bits per heavy atom. The Bertz CT molecular complexity index is 887. The van der Waals surface area contributed by atoms with Gasteiger partial charge in [-0.25, -0.2) is 0 Å². The zero-order chi connectivity index (χ0) is 16.7. The summed E-state index contributed by atoms with van der Waals surface area (Å²) in [7, 11) is 2.18. The van der Waals surface area contributed by atoms with Gasteiger partial charge < -0.3 is 4.90 Å². The molecule has 4 rings (SSSR count). The largest absolute Gasteiger partial charge is 0.300 e. The zero-order valence-electron chi connectivity index (χ0n) is 13.8. The molecule has 0 bridgehead atoms. The molecule has 4 heteroatoms. The Kier molecular flexibility index (Phi) is 4.17. The van der Waals surface area contributed by atoms with Gasteiger partial charge in [-0.3, -0.25) is 4.98 Å². The van der Waals surface area contributed by atoms with Crippen molar-refractivity contribution in [2.45, 2.75) is 19.4 Å². The Balaban J connectivity index is 1.88. The van der Waals surface area contributed by atoms with Gasteiger partial charge in [0, 0.05) is 41.8 Å². The maximum absolute atomic E-state index is 6.32. The van der Waals surface area contributed by atoms with Crippen LogP contribution in [0.25, 0.3) is 11.1 Å². The first-order chi connectivity index (χ1) is 11.6. The molecule has 0 amide bonds. The number of fused-ring (bicyclic) bond motifs is 1. The van der Waals surface area contributed by atoms with E-state index in [2.05, 4.69) is 60.3 Å². The Hall–Kier alpha value is -1.68. The average Bonchev–Trinajstić information content (AvgIpc) is 2.94. The number of hydrogen-bond donors (Lipinski definition) is 0. The van der Waals surface area contributed by atoms with Crippen molar-refractivity contribution in [2.24, 2.45) is 0 Å². The first-order valence-electron chi connectivity index (χ1n) is 8.10. The Morgan fingerprint density at radius 3 is 2.83 bits per heavy atom. The molecule has 0 spiro atoms. The minimum absolute atomic E-state index is 0.346. The lowest BCUT2D eigenvalue weighted by Crippen LogP contribution is -2.30. The third-order valence-electron chi connectivity index (χ3n) is 4.76. The number of likely N-dealkylation sites (N-methyl/N-ethyl adjacent to an activating group) is 1. The van der Waals surface area contributed by atoms with E-state index in [-0.39, 0.29) is 0 Å². The van der Waals surface area contributed by atoms with E-state index in [0.29, 0.717) is 5.92 Å². The van der Waals surface area contributed by atoms with E-state index in [1.807, 2.05) is 12.4 Å². The number of pyridine rings is 1. The van der Waals surface area contributed by atoms with E-state index in [4.69, 9.17) is 11.6 Å². The van der Waals surface area contributed by atoms with Crippen LogP contribution in [0.3, 0.4) is 0 Å². The van der Waals surface area contributed by atoms with E-state index in [1.165, 1.54) is 32.7 Å². The highest BCUT2D eigenvalue weighted by Gasteiger charge is 2.28. The molecular formula is C20H19ClN2S. The fourth-order valence-electron chi connectivity index (χ4n) is 3.61. The number of rotatable bonds is 2. The molecule has 0 aliphatic carbocycles. The minimum Gasteiger partial charge on any atom is -0.300 e. The summed E-state index contributed by atoms with van der Waals surface area (Å²) in [5.74, 6) is 0.346. The summed E-state index contributed by atoms with van der Waals surface area (Å²) in [6.45, 7) is 4.14. The van der Waals surface area contributed by atoms with Gasteiger partial charge in [0.2, 0.25) is 0 Å². The first-order valence-corrected chi connectivity index (χ1v) is 9.29. The van der Waals surface area contributed by atoms with Crippen molar-refractivity contribution in [3.05, 3.63) is 74.7 Å². The lowest BCUT2D eigenvalue weighted by atomic mass is 9.83. The molecule has 0 N–H and O–H groups in total. The number of benzene rings is 1. The molecule has 2 nitrogen and oxygen atoms in total. The van der Waals surface area contributed by atoms with E-state index < -0.39 is 0 Å². The number of aryl methyl sites for hydroxylation is 1. The van der Waals surface area contributed by atoms with Gasteiger partial charge in [0.05, 0.1) is 4.34 Å². The molecule has 0 fully saturated rings. The highest BCUT2D eigenvalue weighted by Crippen LogP contribution is 2.42. The van der Waals surface area contributed by atoms with Crippen LogP contribution in [0.15, 0.2) is 48.8 Å². The maximum Gasteiger partial charge on any atom is 0.0934 e. The standard InChI is InChI=1S/C20H19ClN2S/c1-13-7-8-22-10-17(13)14-5-3-4-6-15(14)18-11-23(2)12-19-16(18)9-20(21)24-19/h3-10,18H,11-12H2,1-2H3. The molecule has 3 heterocycles. The van der Waals surface area contributed by atoms with Crippen LogP contribution in [0.1, 0.15) is 27.5 Å². The van der Waals surface area contributed by atoms with Crippen molar-refractivity contribution in [1.29, 1.82) is 0 Å². The molecule has 122 valence electrons. The molecule has 1 atom stereocenters. The van der Waals surface area contributed by atoms with Crippen molar-refractivity contribution in [3.63, 3.8) is 0 Å². The molecule has 2 aromatic heterocycles. The van der Waals surface area contributed by atoms with Crippen LogP contribution >= 0.6 is 22.9 Å². The molecule has 1 aliphatic rings. The predicted molar refractivity (Wildman–Crippen MR) is 102 cm³/mol. The summed E-state index contributed by atoms with van der Waals surface area (Å²) < 4.78 is 0.885. The maximum atomic E-state index is 6.32.